The van der Waals surface area contributed by atoms with Gasteiger partial charge in [0.25, 0.3) is 10.0 Å². The fourth-order valence-corrected chi connectivity index (χ4v) is 2.66. The highest BCUT2D eigenvalue weighted by molar-refractivity contribution is 7.92. The minimum Gasteiger partial charge on any atom is -0.463 e. The van der Waals surface area contributed by atoms with Crippen molar-refractivity contribution < 1.29 is 13.2 Å². The SMILES string of the molecule is CCOc1n[nH]c(NS(=O)(=O)c2ccc(Cl)c(Cl)c2)n1. The van der Waals surface area contributed by atoms with E-state index in [1.807, 2.05) is 0 Å². The molecule has 7 nitrogen and oxygen atoms in total. The Morgan fingerprint density at radius 1 is 1.35 bits per heavy atom. The van der Waals surface area contributed by atoms with Crippen LogP contribution < -0.4 is 9.46 Å². The van der Waals surface area contributed by atoms with E-state index < -0.39 is 10.0 Å². The van der Waals surface area contributed by atoms with Crippen LogP contribution in [0.3, 0.4) is 0 Å². The fourth-order valence-electron chi connectivity index (χ4n) is 1.32. The maximum absolute atomic E-state index is 12.1. The Labute approximate surface area is 125 Å². The third kappa shape index (κ3) is 3.33. The number of H-pyrrole nitrogens is 1. The Balaban J connectivity index is 2.23. The van der Waals surface area contributed by atoms with Crippen molar-refractivity contribution in [1.29, 1.82) is 0 Å². The molecule has 0 aliphatic heterocycles. The molecule has 0 saturated heterocycles. The third-order valence-corrected chi connectivity index (χ3v) is 4.25. The lowest BCUT2D eigenvalue weighted by molar-refractivity contribution is 0.314. The molecule has 1 aromatic heterocycles. The van der Waals surface area contributed by atoms with Gasteiger partial charge in [-0.2, -0.15) is 4.98 Å². The van der Waals surface area contributed by atoms with Crippen molar-refractivity contribution in [3.05, 3.63) is 28.2 Å². The molecule has 0 fully saturated rings. The molecule has 0 radical (unpaired) electrons. The molecule has 0 spiro atoms. The monoisotopic (exact) mass is 336 g/mol. The first-order chi connectivity index (χ1) is 9.42. The van der Waals surface area contributed by atoms with Gasteiger partial charge in [0.15, 0.2) is 0 Å². The second-order valence-corrected chi connectivity index (χ2v) is 6.08. The van der Waals surface area contributed by atoms with Gasteiger partial charge in [0.1, 0.15) is 0 Å². The number of aromatic amines is 1. The van der Waals surface area contributed by atoms with Gasteiger partial charge in [0.2, 0.25) is 5.95 Å². The topological polar surface area (TPSA) is 97.0 Å². The fraction of sp³-hybridized carbons (Fsp3) is 0.200. The Morgan fingerprint density at radius 2 is 2.10 bits per heavy atom. The van der Waals surface area contributed by atoms with Gasteiger partial charge in [-0.3, -0.25) is 0 Å². The maximum Gasteiger partial charge on any atom is 0.337 e. The van der Waals surface area contributed by atoms with Gasteiger partial charge in [0.05, 0.1) is 21.5 Å². The molecule has 10 heteroatoms. The molecule has 1 aromatic carbocycles. The van der Waals surface area contributed by atoms with E-state index in [0.717, 1.165) is 0 Å². The highest BCUT2D eigenvalue weighted by atomic mass is 35.5. The summed E-state index contributed by atoms with van der Waals surface area (Å²) in [6.07, 6.45) is 0. The summed E-state index contributed by atoms with van der Waals surface area (Å²) < 4.78 is 31.4. The molecule has 1 heterocycles. The first-order valence-corrected chi connectivity index (χ1v) is 7.69. The minimum absolute atomic E-state index is 0.0405. The van der Waals surface area contributed by atoms with E-state index in [1.165, 1.54) is 18.2 Å². The Kier molecular flexibility index (Phi) is 4.36. The summed E-state index contributed by atoms with van der Waals surface area (Å²) in [7, 11) is -3.84. The van der Waals surface area contributed by atoms with Gasteiger partial charge >= 0.3 is 6.01 Å². The molecule has 0 atom stereocenters. The highest BCUT2D eigenvalue weighted by Crippen LogP contribution is 2.25. The number of hydrogen-bond acceptors (Lipinski definition) is 5. The van der Waals surface area contributed by atoms with Gasteiger partial charge in [-0.05, 0) is 25.1 Å². The average Bonchev–Trinajstić information content (AvgIpc) is 2.79. The number of anilines is 1. The molecule has 20 heavy (non-hydrogen) atoms. The molecule has 2 aromatic rings. The minimum atomic E-state index is -3.84. The molecular weight excluding hydrogens is 327 g/mol. The predicted molar refractivity (Wildman–Crippen MR) is 74.8 cm³/mol. The molecule has 0 aliphatic carbocycles. The molecule has 0 unspecified atom stereocenters. The molecule has 0 saturated carbocycles. The molecule has 0 amide bonds. The third-order valence-electron chi connectivity index (χ3n) is 2.17. The van der Waals surface area contributed by atoms with E-state index in [0.29, 0.717) is 6.61 Å². The smallest absolute Gasteiger partial charge is 0.337 e. The molecule has 2 rings (SSSR count). The number of sulfonamides is 1. The van der Waals surface area contributed by atoms with Gasteiger partial charge < -0.3 is 4.74 Å². The zero-order chi connectivity index (χ0) is 14.8. The predicted octanol–water partition coefficient (Wildman–Crippen LogP) is 2.31. The zero-order valence-electron chi connectivity index (χ0n) is 10.2. The summed E-state index contributed by atoms with van der Waals surface area (Å²) >= 11 is 11.5. The highest BCUT2D eigenvalue weighted by Gasteiger charge is 2.18. The van der Waals surface area contributed by atoms with Gasteiger partial charge in [-0.1, -0.05) is 23.2 Å². The summed E-state index contributed by atoms with van der Waals surface area (Å²) in [6.45, 7) is 2.13. The van der Waals surface area contributed by atoms with Crippen LogP contribution in [0.25, 0.3) is 0 Å². The van der Waals surface area contributed by atoms with E-state index in [4.69, 9.17) is 27.9 Å². The van der Waals surface area contributed by atoms with E-state index in [1.54, 1.807) is 6.92 Å². The second-order valence-electron chi connectivity index (χ2n) is 3.58. The molecule has 0 aliphatic rings. The Bertz CT molecular complexity index is 717. The number of rotatable bonds is 5. The molecule has 2 N–H and O–H groups in total. The molecular formula is C10H10Cl2N4O3S. The maximum atomic E-state index is 12.1. The van der Waals surface area contributed by atoms with E-state index in [-0.39, 0.29) is 26.9 Å². The van der Waals surface area contributed by atoms with Crippen molar-refractivity contribution in [2.45, 2.75) is 11.8 Å². The van der Waals surface area contributed by atoms with Gasteiger partial charge in [0, 0.05) is 0 Å². The van der Waals surface area contributed by atoms with Crippen molar-refractivity contribution in [3.63, 3.8) is 0 Å². The first kappa shape index (κ1) is 14.9. The lowest BCUT2D eigenvalue weighted by atomic mass is 10.4. The first-order valence-electron chi connectivity index (χ1n) is 5.45. The number of nitrogens with one attached hydrogen (secondary N) is 2. The molecule has 0 bridgehead atoms. The lowest BCUT2D eigenvalue weighted by Gasteiger charge is -2.05. The normalized spacial score (nSPS) is 11.3. The van der Waals surface area contributed by atoms with E-state index in [2.05, 4.69) is 19.9 Å². The summed E-state index contributed by atoms with van der Waals surface area (Å²) in [4.78, 5) is 3.77. The van der Waals surface area contributed by atoms with Crippen LogP contribution in [0.15, 0.2) is 23.1 Å². The number of hydrogen-bond donors (Lipinski definition) is 2. The van der Waals surface area contributed by atoms with Crippen LogP contribution in [0.4, 0.5) is 5.95 Å². The van der Waals surface area contributed by atoms with E-state index >= 15 is 0 Å². The number of benzene rings is 1. The number of ether oxygens (including phenoxy) is 1. The Morgan fingerprint density at radius 3 is 2.75 bits per heavy atom. The summed E-state index contributed by atoms with van der Waals surface area (Å²) in [6, 6.07) is 4.02. The van der Waals surface area contributed by atoms with Crippen molar-refractivity contribution >= 4 is 39.2 Å². The van der Waals surface area contributed by atoms with Crippen LogP contribution in [0.5, 0.6) is 6.01 Å². The van der Waals surface area contributed by atoms with Crippen LogP contribution in [-0.4, -0.2) is 30.2 Å². The summed E-state index contributed by atoms with van der Waals surface area (Å²) in [5.41, 5.74) is 0. The largest absolute Gasteiger partial charge is 0.463 e. The van der Waals surface area contributed by atoms with Gasteiger partial charge in [-0.25, -0.2) is 18.2 Å². The number of aromatic nitrogens is 3. The van der Waals surface area contributed by atoms with Crippen LogP contribution in [-0.2, 0) is 10.0 Å². The number of nitrogens with zero attached hydrogens (tertiary/aromatic N) is 2. The standard InChI is InChI=1S/C10H10Cl2N4O3S/c1-2-19-10-13-9(14-15-10)16-20(17,18)6-3-4-7(11)8(12)5-6/h3-5H,2H2,1H3,(H2,13,14,15,16). The van der Waals surface area contributed by atoms with Crippen molar-refractivity contribution in [1.82, 2.24) is 15.2 Å². The van der Waals surface area contributed by atoms with Crippen molar-refractivity contribution in [2.24, 2.45) is 0 Å². The van der Waals surface area contributed by atoms with Gasteiger partial charge in [-0.15, -0.1) is 5.10 Å². The summed E-state index contributed by atoms with van der Waals surface area (Å²) in [5.74, 6) is -0.0560. The average molecular weight is 337 g/mol. The van der Waals surface area contributed by atoms with Crippen molar-refractivity contribution in [2.75, 3.05) is 11.3 Å². The van der Waals surface area contributed by atoms with Crippen molar-refractivity contribution in [3.8, 4) is 6.01 Å². The van der Waals surface area contributed by atoms with E-state index in [9.17, 15) is 8.42 Å². The quantitative estimate of drug-likeness (QED) is 0.873. The zero-order valence-corrected chi connectivity index (χ0v) is 12.6. The lowest BCUT2D eigenvalue weighted by Crippen LogP contribution is -2.14. The van der Waals surface area contributed by atoms with Crippen LogP contribution in [0, 0.1) is 0 Å². The molecule has 108 valence electrons. The van der Waals surface area contributed by atoms with Crippen LogP contribution >= 0.6 is 23.2 Å². The Hall–Kier alpha value is -1.51. The second kappa shape index (κ2) is 5.86. The number of halogens is 2. The van der Waals surface area contributed by atoms with Crippen LogP contribution in [0.2, 0.25) is 10.0 Å². The van der Waals surface area contributed by atoms with Crippen LogP contribution in [0.1, 0.15) is 6.92 Å². The summed E-state index contributed by atoms with van der Waals surface area (Å²) in [5, 5.41) is 6.50.